The molecule has 0 atom stereocenters. The van der Waals surface area contributed by atoms with E-state index in [4.69, 9.17) is 14.5 Å². The number of piperidine rings is 1. The summed E-state index contributed by atoms with van der Waals surface area (Å²) in [4.78, 5) is 24.0. The number of anilines is 1. The molecule has 5 aromatic rings. The van der Waals surface area contributed by atoms with Crippen LogP contribution in [-0.4, -0.2) is 46.9 Å². The highest BCUT2D eigenvalue weighted by Gasteiger charge is 2.26. The van der Waals surface area contributed by atoms with Gasteiger partial charge in [-0.3, -0.25) is 4.79 Å². The SMILES string of the molecule is O=C(c1cccc2ccccc12)N(Cc1ccc2c(c1)OCO2)Cc1cc2cc3c(cc2nc1N1CCC(O)CC1)CCC3. The summed E-state index contributed by atoms with van der Waals surface area (Å²) >= 11 is 0. The van der Waals surface area contributed by atoms with E-state index in [1.165, 1.54) is 17.5 Å². The van der Waals surface area contributed by atoms with Crippen molar-refractivity contribution in [3.05, 3.63) is 107 Å². The number of hydrogen-bond donors (Lipinski definition) is 1. The second kappa shape index (κ2) is 11.1. The van der Waals surface area contributed by atoms with Gasteiger partial charge < -0.3 is 24.4 Å². The average Bonchev–Trinajstić information content (AvgIpc) is 3.72. The molecule has 1 fully saturated rings. The van der Waals surface area contributed by atoms with E-state index in [1.54, 1.807) is 0 Å². The second-order valence-corrected chi connectivity index (χ2v) is 12.2. The molecule has 2 aliphatic heterocycles. The van der Waals surface area contributed by atoms with Gasteiger partial charge in [0.15, 0.2) is 11.5 Å². The minimum atomic E-state index is -0.283. The van der Waals surface area contributed by atoms with Crippen LogP contribution < -0.4 is 14.4 Å². The minimum absolute atomic E-state index is 0.0338. The second-order valence-electron chi connectivity index (χ2n) is 12.2. The largest absolute Gasteiger partial charge is 0.454 e. The monoisotopic (exact) mass is 585 g/mol. The Labute approximate surface area is 256 Å². The van der Waals surface area contributed by atoms with Crippen LogP contribution in [0.5, 0.6) is 11.5 Å². The van der Waals surface area contributed by atoms with Crippen LogP contribution in [-0.2, 0) is 25.9 Å². The smallest absolute Gasteiger partial charge is 0.255 e. The fourth-order valence-corrected chi connectivity index (χ4v) is 7.00. The van der Waals surface area contributed by atoms with Gasteiger partial charge in [-0.25, -0.2) is 4.98 Å². The number of ether oxygens (including phenoxy) is 2. The van der Waals surface area contributed by atoms with Gasteiger partial charge in [0.25, 0.3) is 5.91 Å². The molecule has 7 heteroatoms. The molecule has 44 heavy (non-hydrogen) atoms. The Hall–Kier alpha value is -4.62. The number of amides is 1. The Morgan fingerprint density at radius 3 is 2.55 bits per heavy atom. The number of hydrogen-bond acceptors (Lipinski definition) is 6. The lowest BCUT2D eigenvalue weighted by Gasteiger charge is -2.33. The number of benzene rings is 4. The van der Waals surface area contributed by atoms with Crippen LogP contribution in [0.1, 0.15) is 51.9 Å². The maximum Gasteiger partial charge on any atom is 0.255 e. The van der Waals surface area contributed by atoms with E-state index in [0.717, 1.165) is 70.3 Å². The molecule has 222 valence electrons. The Kier molecular flexibility index (Phi) is 6.83. The van der Waals surface area contributed by atoms with Crippen LogP contribution >= 0.6 is 0 Å². The third-order valence-electron chi connectivity index (χ3n) is 9.33. The third-order valence-corrected chi connectivity index (χ3v) is 9.33. The minimum Gasteiger partial charge on any atom is -0.454 e. The number of rotatable bonds is 6. The van der Waals surface area contributed by atoms with Crippen LogP contribution in [0.3, 0.4) is 0 Å². The Morgan fingerprint density at radius 1 is 0.864 bits per heavy atom. The zero-order valence-corrected chi connectivity index (χ0v) is 24.7. The molecule has 7 nitrogen and oxygen atoms in total. The lowest BCUT2D eigenvalue weighted by molar-refractivity contribution is 0.0732. The predicted octanol–water partition coefficient (Wildman–Crippen LogP) is 6.41. The first-order chi connectivity index (χ1) is 21.6. The van der Waals surface area contributed by atoms with Crippen molar-refractivity contribution in [2.45, 2.75) is 51.3 Å². The van der Waals surface area contributed by atoms with Gasteiger partial charge in [0.1, 0.15) is 5.82 Å². The van der Waals surface area contributed by atoms with E-state index in [9.17, 15) is 9.90 Å². The number of carbonyl (C=O) groups is 1. The number of aliphatic hydroxyl groups is 1. The molecule has 0 bridgehead atoms. The van der Waals surface area contributed by atoms with Gasteiger partial charge in [-0.2, -0.15) is 0 Å². The number of carbonyl (C=O) groups excluding carboxylic acids is 1. The van der Waals surface area contributed by atoms with Crippen LogP contribution in [0, 0.1) is 0 Å². The third kappa shape index (κ3) is 5.01. The first kappa shape index (κ1) is 27.0. The molecule has 3 aliphatic rings. The molecule has 1 saturated heterocycles. The molecular weight excluding hydrogens is 550 g/mol. The number of aromatic nitrogens is 1. The molecule has 1 aromatic heterocycles. The van der Waals surface area contributed by atoms with E-state index >= 15 is 0 Å². The Morgan fingerprint density at radius 2 is 1.66 bits per heavy atom. The summed E-state index contributed by atoms with van der Waals surface area (Å²) < 4.78 is 11.2. The predicted molar refractivity (Wildman–Crippen MR) is 171 cm³/mol. The molecule has 1 amide bonds. The van der Waals surface area contributed by atoms with E-state index < -0.39 is 0 Å². The fourth-order valence-electron chi connectivity index (χ4n) is 7.00. The highest BCUT2D eigenvalue weighted by molar-refractivity contribution is 6.07. The quantitative estimate of drug-likeness (QED) is 0.248. The maximum atomic E-state index is 14.6. The maximum absolute atomic E-state index is 14.6. The summed E-state index contributed by atoms with van der Waals surface area (Å²) in [5.41, 5.74) is 6.46. The van der Waals surface area contributed by atoms with Gasteiger partial charge in [-0.15, -0.1) is 0 Å². The number of nitrogens with zero attached hydrogens (tertiary/aromatic N) is 3. The fraction of sp³-hybridized carbons (Fsp3) is 0.297. The van der Waals surface area contributed by atoms with E-state index in [-0.39, 0.29) is 18.8 Å². The number of pyridine rings is 1. The molecule has 8 rings (SSSR count). The van der Waals surface area contributed by atoms with Crippen molar-refractivity contribution < 1.29 is 19.4 Å². The topological polar surface area (TPSA) is 75.1 Å². The molecular formula is C37H35N3O4. The van der Waals surface area contributed by atoms with Gasteiger partial charge in [0.2, 0.25) is 6.79 Å². The summed E-state index contributed by atoms with van der Waals surface area (Å²) in [5, 5.41) is 13.4. The lowest BCUT2D eigenvalue weighted by atomic mass is 10.0. The van der Waals surface area contributed by atoms with Crippen molar-refractivity contribution in [3.8, 4) is 11.5 Å². The zero-order chi connectivity index (χ0) is 29.6. The molecule has 0 radical (unpaired) electrons. The lowest BCUT2D eigenvalue weighted by Crippen LogP contribution is -2.38. The Balaban J connectivity index is 1.23. The van der Waals surface area contributed by atoms with Crippen LogP contribution in [0.2, 0.25) is 0 Å². The highest BCUT2D eigenvalue weighted by Crippen LogP contribution is 2.35. The normalized spacial score (nSPS) is 16.1. The van der Waals surface area contributed by atoms with Crippen LogP contribution in [0.25, 0.3) is 21.7 Å². The standard InChI is InChI=1S/C37H35N3O4/c41-30-13-15-39(16-14-30)36-29(19-28-18-26-7-3-8-27(26)20-33(28)38-36)22-40(21-24-11-12-34-35(17-24)44-23-43-34)37(42)32-10-4-6-25-5-1-2-9-31(25)32/h1-2,4-6,9-12,17-20,30,41H,3,7-8,13-16,21-23H2. The van der Waals surface area contributed by atoms with Gasteiger partial charge in [0.05, 0.1) is 11.6 Å². The van der Waals surface area contributed by atoms with E-state index in [1.807, 2.05) is 65.6 Å². The summed E-state index contributed by atoms with van der Waals surface area (Å²) in [6, 6.07) is 26.7. The van der Waals surface area contributed by atoms with Gasteiger partial charge in [-0.05, 0) is 96.0 Å². The first-order valence-corrected chi connectivity index (χ1v) is 15.6. The van der Waals surface area contributed by atoms with Crippen LogP contribution in [0.4, 0.5) is 5.82 Å². The molecule has 4 aromatic carbocycles. The molecule has 3 heterocycles. The van der Waals surface area contributed by atoms with Crippen molar-refractivity contribution in [2.75, 3.05) is 24.8 Å². The molecule has 0 saturated carbocycles. The number of aliphatic hydroxyl groups excluding tert-OH is 1. The van der Waals surface area contributed by atoms with Crippen molar-refractivity contribution in [1.29, 1.82) is 0 Å². The van der Waals surface area contributed by atoms with Crippen molar-refractivity contribution in [3.63, 3.8) is 0 Å². The van der Waals surface area contributed by atoms with E-state index in [2.05, 4.69) is 23.1 Å². The number of fused-ring (bicyclic) bond motifs is 4. The zero-order valence-electron chi connectivity index (χ0n) is 24.7. The summed E-state index contributed by atoms with van der Waals surface area (Å²) in [7, 11) is 0. The highest BCUT2D eigenvalue weighted by atomic mass is 16.7. The van der Waals surface area contributed by atoms with E-state index in [0.29, 0.717) is 37.2 Å². The molecule has 0 unspecified atom stereocenters. The first-order valence-electron chi connectivity index (χ1n) is 15.6. The van der Waals surface area contributed by atoms with Gasteiger partial charge >= 0.3 is 0 Å². The van der Waals surface area contributed by atoms with Gasteiger partial charge in [0, 0.05) is 42.7 Å². The summed E-state index contributed by atoms with van der Waals surface area (Å²) in [5.74, 6) is 2.30. The van der Waals surface area contributed by atoms with Crippen molar-refractivity contribution in [1.82, 2.24) is 9.88 Å². The molecule has 1 aliphatic carbocycles. The average molecular weight is 586 g/mol. The van der Waals surface area contributed by atoms with Crippen molar-refractivity contribution >= 4 is 33.4 Å². The molecule has 1 N–H and O–H groups in total. The molecule has 0 spiro atoms. The van der Waals surface area contributed by atoms with Gasteiger partial charge in [-0.1, -0.05) is 42.5 Å². The Bertz CT molecular complexity index is 1890. The summed E-state index contributed by atoms with van der Waals surface area (Å²) in [6.45, 7) is 2.47. The number of aryl methyl sites for hydroxylation is 2. The van der Waals surface area contributed by atoms with Crippen molar-refractivity contribution in [2.24, 2.45) is 0 Å². The van der Waals surface area contributed by atoms with Crippen LogP contribution in [0.15, 0.2) is 78.9 Å². The summed E-state index contributed by atoms with van der Waals surface area (Å²) in [6.07, 6.45) is 4.51.